The lowest BCUT2D eigenvalue weighted by molar-refractivity contribution is 0.0513. The van der Waals surface area contributed by atoms with Crippen molar-refractivity contribution in [3.63, 3.8) is 0 Å². The molecule has 0 aliphatic carbocycles. The van der Waals surface area contributed by atoms with Gasteiger partial charge in [-0.25, -0.2) is 13.6 Å². The van der Waals surface area contributed by atoms with Gasteiger partial charge in [0.1, 0.15) is 23.6 Å². The summed E-state index contributed by atoms with van der Waals surface area (Å²) in [6.07, 6.45) is -1.76. The van der Waals surface area contributed by atoms with E-state index in [9.17, 15) is 13.6 Å². The van der Waals surface area contributed by atoms with Crippen LogP contribution in [0.15, 0.2) is 6.20 Å². The second-order valence-electron chi connectivity index (χ2n) is 4.34. The molecule has 21 heavy (non-hydrogen) atoms. The van der Waals surface area contributed by atoms with Gasteiger partial charge in [0.25, 0.3) is 6.43 Å². The summed E-state index contributed by atoms with van der Waals surface area (Å²) >= 11 is 0. The van der Waals surface area contributed by atoms with Gasteiger partial charge in [-0.3, -0.25) is 4.68 Å². The molecule has 114 valence electrons. The van der Waals surface area contributed by atoms with E-state index in [1.165, 1.54) is 0 Å². The number of rotatable bonds is 5. The summed E-state index contributed by atoms with van der Waals surface area (Å²) in [7, 11) is 1.72. The monoisotopic (exact) mass is 299 g/mol. The number of nitrogens with zero attached hydrogens (tertiary/aromatic N) is 5. The number of carbonyl (C=O) groups excluding carboxylic acids is 1. The lowest BCUT2D eigenvalue weighted by atomic mass is 10.2. The molecule has 0 saturated carbocycles. The largest absolute Gasteiger partial charge is 0.462 e. The number of aryl methyl sites for hydroxylation is 1. The van der Waals surface area contributed by atoms with E-state index in [0.717, 1.165) is 10.9 Å². The molecule has 2 aromatic heterocycles. The van der Waals surface area contributed by atoms with Gasteiger partial charge >= 0.3 is 5.97 Å². The Balaban J connectivity index is 2.36. The van der Waals surface area contributed by atoms with Gasteiger partial charge < -0.3 is 9.30 Å². The molecule has 0 aliphatic rings. The molecule has 2 heterocycles. The second-order valence-corrected chi connectivity index (χ2v) is 4.34. The van der Waals surface area contributed by atoms with E-state index in [0.29, 0.717) is 11.6 Å². The van der Waals surface area contributed by atoms with Gasteiger partial charge in [-0.05, 0) is 13.8 Å². The topological polar surface area (TPSA) is 74.8 Å². The van der Waals surface area contributed by atoms with E-state index in [4.69, 9.17) is 4.74 Å². The van der Waals surface area contributed by atoms with Gasteiger partial charge in [0.15, 0.2) is 5.82 Å². The Kier molecular flexibility index (Phi) is 4.29. The Morgan fingerprint density at radius 1 is 1.43 bits per heavy atom. The normalized spacial score (nSPS) is 11.1. The van der Waals surface area contributed by atoms with E-state index < -0.39 is 18.1 Å². The lowest BCUT2D eigenvalue weighted by Gasteiger charge is -2.08. The third-order valence-corrected chi connectivity index (χ3v) is 3.06. The summed E-state index contributed by atoms with van der Waals surface area (Å²) in [4.78, 5) is 11.7. The highest BCUT2D eigenvalue weighted by Crippen LogP contribution is 2.24. The molecule has 0 atom stereocenters. The molecular weight excluding hydrogens is 284 g/mol. The summed E-state index contributed by atoms with van der Waals surface area (Å²) in [6, 6.07) is 0. The van der Waals surface area contributed by atoms with E-state index in [2.05, 4.69) is 15.3 Å². The molecule has 0 saturated heterocycles. The Bertz CT molecular complexity index is 650. The van der Waals surface area contributed by atoms with Crippen molar-refractivity contribution in [1.29, 1.82) is 0 Å². The quantitative estimate of drug-likeness (QED) is 0.782. The Morgan fingerprint density at radius 2 is 2.14 bits per heavy atom. The van der Waals surface area contributed by atoms with Crippen molar-refractivity contribution >= 4 is 5.97 Å². The number of hydrogen-bond acceptors (Lipinski definition) is 5. The predicted octanol–water partition coefficient (Wildman–Crippen LogP) is 1.48. The van der Waals surface area contributed by atoms with Crippen LogP contribution in [-0.4, -0.2) is 37.1 Å². The zero-order valence-corrected chi connectivity index (χ0v) is 11.9. The molecule has 0 spiro atoms. The number of halogens is 2. The van der Waals surface area contributed by atoms with Crippen molar-refractivity contribution in [1.82, 2.24) is 24.5 Å². The van der Waals surface area contributed by atoms with Crippen LogP contribution in [-0.2, 0) is 18.3 Å². The highest BCUT2D eigenvalue weighted by atomic mass is 19.3. The number of hydrogen-bond donors (Lipinski definition) is 0. The van der Waals surface area contributed by atoms with Crippen LogP contribution in [0.3, 0.4) is 0 Å². The lowest BCUT2D eigenvalue weighted by Crippen LogP contribution is -2.14. The van der Waals surface area contributed by atoms with E-state index in [1.807, 2.05) is 0 Å². The zero-order chi connectivity index (χ0) is 15.6. The zero-order valence-electron chi connectivity index (χ0n) is 11.9. The number of ether oxygens (including phenoxy) is 1. The van der Waals surface area contributed by atoms with Gasteiger partial charge in [-0.15, -0.1) is 10.2 Å². The first kappa shape index (κ1) is 15.1. The van der Waals surface area contributed by atoms with Crippen LogP contribution in [0.25, 0.3) is 0 Å². The van der Waals surface area contributed by atoms with Crippen molar-refractivity contribution in [3.8, 4) is 0 Å². The van der Waals surface area contributed by atoms with Crippen LogP contribution < -0.4 is 0 Å². The highest BCUT2D eigenvalue weighted by Gasteiger charge is 2.26. The molecule has 0 aromatic carbocycles. The predicted molar refractivity (Wildman–Crippen MR) is 68.0 cm³/mol. The van der Waals surface area contributed by atoms with Crippen LogP contribution in [0, 0.1) is 6.92 Å². The first-order chi connectivity index (χ1) is 9.95. The first-order valence-corrected chi connectivity index (χ1v) is 6.31. The van der Waals surface area contributed by atoms with Crippen LogP contribution in [0.4, 0.5) is 8.78 Å². The maximum Gasteiger partial charge on any atom is 0.341 e. The van der Waals surface area contributed by atoms with Gasteiger partial charge in [-0.1, -0.05) is 0 Å². The molecule has 0 bridgehead atoms. The van der Waals surface area contributed by atoms with Gasteiger partial charge in [-0.2, -0.15) is 5.10 Å². The summed E-state index contributed by atoms with van der Waals surface area (Å²) in [5, 5.41) is 11.6. The molecule has 2 rings (SSSR count). The summed E-state index contributed by atoms with van der Waals surface area (Å²) in [5.74, 6) is 0.308. The summed E-state index contributed by atoms with van der Waals surface area (Å²) in [5.41, 5.74) is -0.708. The van der Waals surface area contributed by atoms with Crippen LogP contribution in [0.5, 0.6) is 0 Å². The number of carbonyl (C=O) groups is 1. The van der Waals surface area contributed by atoms with Gasteiger partial charge in [0, 0.05) is 7.05 Å². The fourth-order valence-corrected chi connectivity index (χ4v) is 1.84. The van der Waals surface area contributed by atoms with E-state index >= 15 is 0 Å². The van der Waals surface area contributed by atoms with Crippen molar-refractivity contribution in [3.05, 3.63) is 29.1 Å². The molecule has 0 aliphatic heterocycles. The fraction of sp³-hybridized carbons (Fsp3) is 0.500. The molecule has 9 heteroatoms. The first-order valence-electron chi connectivity index (χ1n) is 6.31. The average molecular weight is 299 g/mol. The summed E-state index contributed by atoms with van der Waals surface area (Å²) < 4.78 is 33.9. The number of aromatic nitrogens is 5. The van der Waals surface area contributed by atoms with Crippen molar-refractivity contribution in [2.45, 2.75) is 26.8 Å². The molecule has 0 N–H and O–H groups in total. The van der Waals surface area contributed by atoms with Crippen molar-refractivity contribution in [2.75, 3.05) is 6.61 Å². The molecule has 0 unspecified atom stereocenters. The Hall–Kier alpha value is -2.32. The fourth-order valence-electron chi connectivity index (χ4n) is 1.84. The average Bonchev–Trinajstić information content (AvgIpc) is 2.98. The van der Waals surface area contributed by atoms with Gasteiger partial charge in [0.2, 0.25) is 0 Å². The molecule has 0 amide bonds. The molecule has 0 fully saturated rings. The number of alkyl halides is 2. The third-order valence-electron chi connectivity index (χ3n) is 3.06. The molecule has 7 nitrogen and oxygen atoms in total. The second kappa shape index (κ2) is 5.98. The Labute approximate surface area is 119 Å². The maximum absolute atomic E-state index is 13.2. The van der Waals surface area contributed by atoms with Crippen molar-refractivity contribution in [2.24, 2.45) is 7.05 Å². The standard InChI is InChI=1S/C12H15F2N5O2/c1-4-21-12(20)8-5-15-19(10(8)11(13)14)6-9-17-16-7(2)18(9)3/h5,11H,4,6H2,1-3H3. The minimum absolute atomic E-state index is 0.00355. The minimum Gasteiger partial charge on any atom is -0.462 e. The molecular formula is C12H15F2N5O2. The maximum atomic E-state index is 13.2. The number of esters is 1. The van der Waals surface area contributed by atoms with E-state index in [1.54, 1.807) is 25.5 Å². The van der Waals surface area contributed by atoms with Crippen molar-refractivity contribution < 1.29 is 18.3 Å². The minimum atomic E-state index is -2.85. The smallest absolute Gasteiger partial charge is 0.341 e. The third kappa shape index (κ3) is 2.91. The van der Waals surface area contributed by atoms with Crippen LogP contribution >= 0.6 is 0 Å². The van der Waals surface area contributed by atoms with Gasteiger partial charge in [0.05, 0.1) is 12.8 Å². The molecule has 2 aromatic rings. The SMILES string of the molecule is CCOC(=O)c1cnn(Cc2nnc(C)n2C)c1C(F)F. The molecule has 0 radical (unpaired) electrons. The van der Waals surface area contributed by atoms with E-state index in [-0.39, 0.29) is 18.7 Å². The highest BCUT2D eigenvalue weighted by molar-refractivity contribution is 5.90. The van der Waals surface area contributed by atoms with Crippen LogP contribution in [0.1, 0.15) is 41.0 Å². The van der Waals surface area contributed by atoms with Crippen LogP contribution in [0.2, 0.25) is 0 Å². The Morgan fingerprint density at radius 3 is 2.67 bits per heavy atom. The summed E-state index contributed by atoms with van der Waals surface area (Å²) in [6.45, 7) is 3.45.